The van der Waals surface area contributed by atoms with Gasteiger partial charge in [-0.2, -0.15) is 11.3 Å². The van der Waals surface area contributed by atoms with Gasteiger partial charge >= 0.3 is 0 Å². The van der Waals surface area contributed by atoms with Crippen molar-refractivity contribution in [1.29, 1.82) is 0 Å². The number of thiophene rings is 1. The van der Waals surface area contributed by atoms with Crippen molar-refractivity contribution in [3.8, 4) is 0 Å². The zero-order valence-corrected chi connectivity index (χ0v) is 13.5. The molecule has 1 aliphatic heterocycles. The van der Waals surface area contributed by atoms with Gasteiger partial charge in [0.1, 0.15) is 0 Å². The Morgan fingerprint density at radius 2 is 2.20 bits per heavy atom. The minimum absolute atomic E-state index is 0.540. The lowest BCUT2D eigenvalue weighted by Gasteiger charge is -2.35. The zero-order chi connectivity index (χ0) is 14.4. The molecule has 5 heteroatoms. The summed E-state index contributed by atoms with van der Waals surface area (Å²) in [5.74, 6) is 0.916. The highest BCUT2D eigenvalue weighted by Crippen LogP contribution is 2.12. The maximum atomic E-state index is 4.32. The average Bonchev–Trinajstić information content (AvgIpc) is 2.97. The van der Waals surface area contributed by atoms with Gasteiger partial charge < -0.3 is 15.5 Å². The van der Waals surface area contributed by atoms with E-state index in [1.54, 1.807) is 11.3 Å². The molecule has 1 aliphatic rings. The zero-order valence-electron chi connectivity index (χ0n) is 12.7. The van der Waals surface area contributed by atoms with E-state index in [4.69, 9.17) is 0 Å². The van der Waals surface area contributed by atoms with Crippen LogP contribution in [0.5, 0.6) is 0 Å². The van der Waals surface area contributed by atoms with Gasteiger partial charge in [-0.3, -0.25) is 4.99 Å². The third-order valence-electron chi connectivity index (χ3n) is 3.86. The van der Waals surface area contributed by atoms with Crippen LogP contribution in [0.2, 0.25) is 0 Å². The Hall–Kier alpha value is -1.07. The largest absolute Gasteiger partial charge is 0.354 e. The van der Waals surface area contributed by atoms with Gasteiger partial charge in [0.2, 0.25) is 0 Å². The van der Waals surface area contributed by atoms with Crippen molar-refractivity contribution in [2.45, 2.75) is 45.3 Å². The lowest BCUT2D eigenvalue weighted by Crippen LogP contribution is -2.49. The molecule has 0 spiro atoms. The highest BCUT2D eigenvalue weighted by Gasteiger charge is 2.21. The molecule has 20 heavy (non-hydrogen) atoms. The van der Waals surface area contributed by atoms with E-state index >= 15 is 0 Å². The molecular weight excluding hydrogens is 268 g/mol. The second kappa shape index (κ2) is 7.64. The van der Waals surface area contributed by atoms with Crippen LogP contribution in [0.25, 0.3) is 0 Å². The summed E-state index contributed by atoms with van der Waals surface area (Å²) in [4.78, 5) is 6.86. The Morgan fingerprint density at radius 3 is 2.75 bits per heavy atom. The van der Waals surface area contributed by atoms with E-state index in [0.29, 0.717) is 12.1 Å². The molecule has 0 saturated carbocycles. The van der Waals surface area contributed by atoms with E-state index in [-0.39, 0.29) is 0 Å². The SMILES string of the molecule is CN=C(NCc1ccsc1)NC1CCN(C(C)C)CC1. The molecule has 0 unspecified atom stereocenters. The molecule has 0 aliphatic carbocycles. The second-order valence-corrected chi connectivity index (χ2v) is 6.39. The molecule has 1 aromatic rings. The second-order valence-electron chi connectivity index (χ2n) is 5.61. The van der Waals surface area contributed by atoms with Gasteiger partial charge in [-0.25, -0.2) is 0 Å². The molecule has 4 nitrogen and oxygen atoms in total. The van der Waals surface area contributed by atoms with Crippen LogP contribution in [-0.2, 0) is 6.54 Å². The molecule has 2 heterocycles. The quantitative estimate of drug-likeness (QED) is 0.661. The summed E-state index contributed by atoms with van der Waals surface area (Å²) < 4.78 is 0. The molecule has 0 radical (unpaired) electrons. The van der Waals surface area contributed by atoms with Crippen molar-refractivity contribution in [2.75, 3.05) is 20.1 Å². The van der Waals surface area contributed by atoms with E-state index in [1.807, 2.05) is 7.05 Å². The molecule has 112 valence electrons. The summed E-state index contributed by atoms with van der Waals surface area (Å²) >= 11 is 1.73. The number of nitrogens with zero attached hydrogens (tertiary/aromatic N) is 2. The standard InChI is InChI=1S/C15H26N4S/c1-12(2)19-7-4-14(5-8-19)18-15(16-3)17-10-13-6-9-20-11-13/h6,9,11-12,14H,4-5,7-8,10H2,1-3H3,(H2,16,17,18). The molecule has 1 saturated heterocycles. The normalized spacial score (nSPS) is 18.5. The van der Waals surface area contributed by atoms with Crippen LogP contribution in [0.1, 0.15) is 32.3 Å². The van der Waals surface area contributed by atoms with Crippen molar-refractivity contribution in [3.05, 3.63) is 22.4 Å². The van der Waals surface area contributed by atoms with E-state index < -0.39 is 0 Å². The minimum atomic E-state index is 0.540. The molecule has 0 aromatic carbocycles. The van der Waals surface area contributed by atoms with Gasteiger partial charge in [-0.15, -0.1) is 0 Å². The molecule has 2 N–H and O–H groups in total. The lowest BCUT2D eigenvalue weighted by atomic mass is 10.0. The van der Waals surface area contributed by atoms with Crippen molar-refractivity contribution in [2.24, 2.45) is 4.99 Å². The number of guanidine groups is 1. The molecule has 0 amide bonds. The molecule has 1 aromatic heterocycles. The van der Waals surface area contributed by atoms with Crippen LogP contribution in [0.4, 0.5) is 0 Å². The highest BCUT2D eigenvalue weighted by atomic mass is 32.1. The summed E-state index contributed by atoms with van der Waals surface area (Å²) in [7, 11) is 1.84. The number of nitrogens with one attached hydrogen (secondary N) is 2. The maximum Gasteiger partial charge on any atom is 0.191 e. The first-order valence-corrected chi connectivity index (χ1v) is 8.35. The molecular formula is C15H26N4S. The minimum Gasteiger partial charge on any atom is -0.354 e. The van der Waals surface area contributed by atoms with Gasteiger partial charge in [0.15, 0.2) is 5.96 Å². The van der Waals surface area contributed by atoms with Gasteiger partial charge in [-0.1, -0.05) is 0 Å². The number of likely N-dealkylation sites (tertiary alicyclic amines) is 1. The Morgan fingerprint density at radius 1 is 1.45 bits per heavy atom. The molecule has 1 fully saturated rings. The van der Waals surface area contributed by atoms with E-state index in [9.17, 15) is 0 Å². The number of piperidine rings is 1. The van der Waals surface area contributed by atoms with E-state index in [1.165, 1.54) is 31.5 Å². The van der Waals surface area contributed by atoms with Crippen LogP contribution in [-0.4, -0.2) is 43.1 Å². The summed E-state index contributed by atoms with van der Waals surface area (Å²) in [6.07, 6.45) is 2.38. The third-order valence-corrected chi connectivity index (χ3v) is 4.60. The van der Waals surface area contributed by atoms with Crippen LogP contribution < -0.4 is 10.6 Å². The lowest BCUT2D eigenvalue weighted by molar-refractivity contribution is 0.167. The van der Waals surface area contributed by atoms with Crippen molar-refractivity contribution in [1.82, 2.24) is 15.5 Å². The fourth-order valence-electron chi connectivity index (χ4n) is 2.53. The summed E-state index contributed by atoms with van der Waals surface area (Å²) in [5.41, 5.74) is 1.31. The Balaban J connectivity index is 1.74. The number of hydrogen-bond donors (Lipinski definition) is 2. The summed E-state index contributed by atoms with van der Waals surface area (Å²) in [5, 5.41) is 11.2. The van der Waals surface area contributed by atoms with Gasteiger partial charge in [-0.05, 0) is 49.1 Å². The fraction of sp³-hybridized carbons (Fsp3) is 0.667. The van der Waals surface area contributed by atoms with E-state index in [2.05, 4.69) is 51.2 Å². The first-order valence-electron chi connectivity index (χ1n) is 7.41. The van der Waals surface area contributed by atoms with Gasteiger partial charge in [0.25, 0.3) is 0 Å². The van der Waals surface area contributed by atoms with Crippen LogP contribution in [0.15, 0.2) is 21.8 Å². The Bertz CT molecular complexity index is 406. The third kappa shape index (κ3) is 4.49. The Kier molecular flexibility index (Phi) is 5.86. The summed E-state index contributed by atoms with van der Waals surface area (Å²) in [6, 6.07) is 3.34. The van der Waals surface area contributed by atoms with Crippen molar-refractivity contribution >= 4 is 17.3 Å². The van der Waals surface area contributed by atoms with Crippen LogP contribution >= 0.6 is 11.3 Å². The van der Waals surface area contributed by atoms with E-state index in [0.717, 1.165) is 12.5 Å². The first-order chi connectivity index (χ1) is 9.69. The van der Waals surface area contributed by atoms with Crippen LogP contribution in [0, 0.1) is 0 Å². The number of aliphatic imine (C=N–C) groups is 1. The average molecular weight is 294 g/mol. The number of hydrogen-bond acceptors (Lipinski definition) is 3. The number of rotatable bonds is 4. The first kappa shape index (κ1) is 15.3. The molecule has 0 atom stereocenters. The summed E-state index contributed by atoms with van der Waals surface area (Å²) in [6.45, 7) is 7.74. The topological polar surface area (TPSA) is 39.7 Å². The molecule has 0 bridgehead atoms. The maximum absolute atomic E-state index is 4.32. The van der Waals surface area contributed by atoms with Crippen molar-refractivity contribution in [3.63, 3.8) is 0 Å². The predicted molar refractivity (Wildman–Crippen MR) is 87.4 cm³/mol. The highest BCUT2D eigenvalue weighted by molar-refractivity contribution is 7.07. The smallest absolute Gasteiger partial charge is 0.191 e. The van der Waals surface area contributed by atoms with Crippen molar-refractivity contribution < 1.29 is 0 Å². The fourth-order valence-corrected chi connectivity index (χ4v) is 3.20. The predicted octanol–water partition coefficient (Wildman–Crippen LogP) is 2.29. The monoisotopic (exact) mass is 294 g/mol. The van der Waals surface area contributed by atoms with Gasteiger partial charge in [0, 0.05) is 38.8 Å². The van der Waals surface area contributed by atoms with Crippen LogP contribution in [0.3, 0.4) is 0 Å². The molecule has 2 rings (SSSR count). The van der Waals surface area contributed by atoms with Gasteiger partial charge in [0.05, 0.1) is 0 Å². The Labute approximate surface area is 126 Å².